The largest absolute Gasteiger partial charge is 0.467 e. The summed E-state index contributed by atoms with van der Waals surface area (Å²) in [6.45, 7) is 8.02. The number of amides is 2. The van der Waals surface area contributed by atoms with Gasteiger partial charge in [-0.05, 0) is 64.0 Å². The monoisotopic (exact) mass is 359 g/mol. The summed E-state index contributed by atoms with van der Waals surface area (Å²) >= 11 is 0. The molecule has 2 aromatic rings. The number of carbonyl (C=O) groups is 1. The number of nitrogens with zero attached hydrogens (tertiary/aromatic N) is 2. The van der Waals surface area contributed by atoms with Gasteiger partial charge in [0, 0.05) is 12.1 Å². The molecule has 2 aromatic heterocycles. The third-order valence-electron chi connectivity index (χ3n) is 5.03. The van der Waals surface area contributed by atoms with E-state index in [2.05, 4.69) is 24.1 Å². The van der Waals surface area contributed by atoms with Crippen LogP contribution in [0.25, 0.3) is 0 Å². The maximum absolute atomic E-state index is 12.8. The number of hydrogen-bond acceptors (Lipinski definition) is 4. The maximum atomic E-state index is 12.8. The number of urea groups is 1. The van der Waals surface area contributed by atoms with E-state index in [9.17, 15) is 4.79 Å². The van der Waals surface area contributed by atoms with Crippen LogP contribution in [0, 0.1) is 0 Å². The lowest BCUT2D eigenvalue weighted by Gasteiger charge is -2.41. The Morgan fingerprint density at radius 2 is 1.65 bits per heavy atom. The molecule has 0 aromatic carbocycles. The third-order valence-corrected chi connectivity index (χ3v) is 5.03. The first-order valence-electron chi connectivity index (χ1n) is 9.37. The highest BCUT2D eigenvalue weighted by Crippen LogP contribution is 2.20. The van der Waals surface area contributed by atoms with Crippen molar-refractivity contribution in [2.45, 2.75) is 51.7 Å². The average Bonchev–Trinajstić information content (AvgIpc) is 3.34. The number of likely N-dealkylation sites (tertiary alicyclic amines) is 1. The number of nitrogens with one attached hydrogen (secondary N) is 1. The minimum Gasteiger partial charge on any atom is -0.467 e. The standard InChI is InChI=1S/C20H29N3O3/c1-20(2,23-10-4-3-5-11-23)16-21-19(24)22(14-17-8-6-12-25-17)15-18-9-7-13-26-18/h6-9,12-13H,3-5,10-11,14-16H2,1-2H3,(H,21,24). The van der Waals surface area contributed by atoms with Crippen LogP contribution < -0.4 is 5.32 Å². The Hall–Kier alpha value is -2.21. The Labute approximate surface area is 155 Å². The number of piperidine rings is 1. The van der Waals surface area contributed by atoms with Crippen LogP contribution in [0.15, 0.2) is 45.6 Å². The first kappa shape index (κ1) is 18.6. The minimum atomic E-state index is -0.108. The molecule has 2 amide bonds. The molecule has 0 atom stereocenters. The van der Waals surface area contributed by atoms with Crippen LogP contribution in [0.3, 0.4) is 0 Å². The second-order valence-corrected chi connectivity index (χ2v) is 7.53. The minimum absolute atomic E-state index is 0.0584. The lowest BCUT2D eigenvalue weighted by Crippen LogP contribution is -2.54. The van der Waals surface area contributed by atoms with E-state index in [1.807, 2.05) is 24.3 Å². The van der Waals surface area contributed by atoms with Crippen LogP contribution in [0.5, 0.6) is 0 Å². The molecule has 0 spiro atoms. The quantitative estimate of drug-likeness (QED) is 0.816. The molecular weight excluding hydrogens is 330 g/mol. The van der Waals surface area contributed by atoms with E-state index < -0.39 is 0 Å². The van der Waals surface area contributed by atoms with E-state index in [0.717, 1.165) is 24.6 Å². The summed E-state index contributed by atoms with van der Waals surface area (Å²) in [5.74, 6) is 1.50. The summed E-state index contributed by atoms with van der Waals surface area (Å²) in [6, 6.07) is 7.30. The molecule has 1 N–H and O–H groups in total. The van der Waals surface area contributed by atoms with Gasteiger partial charge in [-0.15, -0.1) is 0 Å². The van der Waals surface area contributed by atoms with Crippen LogP contribution in [0.1, 0.15) is 44.6 Å². The number of carbonyl (C=O) groups excluding carboxylic acids is 1. The molecule has 0 aliphatic carbocycles. The first-order valence-corrected chi connectivity index (χ1v) is 9.37. The highest BCUT2D eigenvalue weighted by molar-refractivity contribution is 5.74. The molecule has 0 bridgehead atoms. The van der Waals surface area contributed by atoms with Gasteiger partial charge in [0.25, 0.3) is 0 Å². The summed E-state index contributed by atoms with van der Waals surface area (Å²) in [5, 5.41) is 3.11. The molecule has 26 heavy (non-hydrogen) atoms. The molecule has 1 aliphatic heterocycles. The molecule has 142 valence electrons. The topological polar surface area (TPSA) is 61.9 Å². The smallest absolute Gasteiger partial charge is 0.318 e. The van der Waals surface area contributed by atoms with Crippen molar-refractivity contribution in [1.29, 1.82) is 0 Å². The molecular formula is C20H29N3O3. The van der Waals surface area contributed by atoms with Crippen LogP contribution in [-0.2, 0) is 13.1 Å². The lowest BCUT2D eigenvalue weighted by atomic mass is 9.98. The zero-order chi connectivity index (χ0) is 18.4. The average molecular weight is 359 g/mol. The van der Waals surface area contributed by atoms with E-state index in [4.69, 9.17) is 8.83 Å². The predicted molar refractivity (Wildman–Crippen MR) is 99.6 cm³/mol. The number of rotatable bonds is 7. The summed E-state index contributed by atoms with van der Waals surface area (Å²) in [4.78, 5) is 17.0. The van der Waals surface area contributed by atoms with Crippen molar-refractivity contribution in [3.05, 3.63) is 48.3 Å². The molecule has 3 heterocycles. The van der Waals surface area contributed by atoms with Crippen LogP contribution >= 0.6 is 0 Å². The van der Waals surface area contributed by atoms with Crippen molar-refractivity contribution in [3.8, 4) is 0 Å². The molecule has 6 nitrogen and oxygen atoms in total. The van der Waals surface area contributed by atoms with Gasteiger partial charge in [0.15, 0.2) is 0 Å². The van der Waals surface area contributed by atoms with Gasteiger partial charge in [0.1, 0.15) is 11.5 Å². The molecule has 0 saturated carbocycles. The van der Waals surface area contributed by atoms with Gasteiger partial charge in [0.05, 0.1) is 25.6 Å². The Balaban J connectivity index is 1.60. The highest BCUT2D eigenvalue weighted by Gasteiger charge is 2.29. The molecule has 0 unspecified atom stereocenters. The Bertz CT molecular complexity index is 622. The second-order valence-electron chi connectivity index (χ2n) is 7.53. The lowest BCUT2D eigenvalue weighted by molar-refractivity contribution is 0.0931. The maximum Gasteiger partial charge on any atom is 0.318 e. The Kier molecular flexibility index (Phi) is 6.04. The predicted octanol–water partition coefficient (Wildman–Crippen LogP) is 3.85. The van der Waals surface area contributed by atoms with Gasteiger partial charge in [-0.1, -0.05) is 6.42 Å². The van der Waals surface area contributed by atoms with Crippen molar-refractivity contribution < 1.29 is 13.6 Å². The van der Waals surface area contributed by atoms with Gasteiger partial charge >= 0.3 is 6.03 Å². The fourth-order valence-electron chi connectivity index (χ4n) is 3.40. The summed E-state index contributed by atoms with van der Waals surface area (Å²) in [6.07, 6.45) is 7.02. The van der Waals surface area contributed by atoms with Crippen LogP contribution in [0.2, 0.25) is 0 Å². The van der Waals surface area contributed by atoms with Crippen molar-refractivity contribution in [2.75, 3.05) is 19.6 Å². The van der Waals surface area contributed by atoms with Crippen LogP contribution in [0.4, 0.5) is 4.79 Å². The zero-order valence-corrected chi connectivity index (χ0v) is 15.7. The number of hydrogen-bond donors (Lipinski definition) is 1. The van der Waals surface area contributed by atoms with Crippen LogP contribution in [-0.4, -0.2) is 41.0 Å². The SMILES string of the molecule is CC(C)(CNC(=O)N(Cc1ccco1)Cc1ccco1)N1CCCCC1. The fraction of sp³-hybridized carbons (Fsp3) is 0.550. The molecule has 0 radical (unpaired) electrons. The van der Waals surface area contributed by atoms with Gasteiger partial charge in [0.2, 0.25) is 0 Å². The summed E-state index contributed by atoms with van der Waals surface area (Å²) in [7, 11) is 0. The van der Waals surface area contributed by atoms with E-state index in [1.54, 1.807) is 17.4 Å². The first-order chi connectivity index (χ1) is 12.5. The number of furan rings is 2. The van der Waals surface area contributed by atoms with E-state index in [1.165, 1.54) is 19.3 Å². The fourth-order valence-corrected chi connectivity index (χ4v) is 3.40. The normalized spacial score (nSPS) is 15.8. The van der Waals surface area contributed by atoms with E-state index in [0.29, 0.717) is 19.6 Å². The van der Waals surface area contributed by atoms with Crippen molar-refractivity contribution in [3.63, 3.8) is 0 Å². The van der Waals surface area contributed by atoms with Gasteiger partial charge in [-0.3, -0.25) is 4.90 Å². The van der Waals surface area contributed by atoms with Gasteiger partial charge in [-0.25, -0.2) is 4.79 Å². The third kappa shape index (κ3) is 4.91. The van der Waals surface area contributed by atoms with Gasteiger partial charge in [-0.2, -0.15) is 0 Å². The van der Waals surface area contributed by atoms with E-state index in [-0.39, 0.29) is 11.6 Å². The summed E-state index contributed by atoms with van der Waals surface area (Å²) < 4.78 is 10.8. The molecule has 1 saturated heterocycles. The molecule has 1 aliphatic rings. The van der Waals surface area contributed by atoms with Crippen molar-refractivity contribution in [1.82, 2.24) is 15.1 Å². The van der Waals surface area contributed by atoms with Gasteiger partial charge < -0.3 is 19.1 Å². The van der Waals surface area contributed by atoms with Crippen molar-refractivity contribution >= 4 is 6.03 Å². The molecule has 6 heteroatoms. The zero-order valence-electron chi connectivity index (χ0n) is 15.7. The summed E-state index contributed by atoms with van der Waals surface area (Å²) in [5.41, 5.74) is -0.0584. The second kappa shape index (κ2) is 8.45. The Morgan fingerprint density at radius 3 is 2.15 bits per heavy atom. The van der Waals surface area contributed by atoms with Crippen molar-refractivity contribution in [2.24, 2.45) is 0 Å². The highest BCUT2D eigenvalue weighted by atomic mass is 16.3. The molecule has 3 rings (SSSR count). The molecule has 1 fully saturated rings. The van der Waals surface area contributed by atoms with E-state index >= 15 is 0 Å². The Morgan fingerprint density at radius 1 is 1.08 bits per heavy atom.